The van der Waals surface area contributed by atoms with Gasteiger partial charge in [-0.1, -0.05) is 24.3 Å². The number of benzene rings is 2. The first-order valence-electron chi connectivity index (χ1n) is 8.31. The molecule has 2 N–H and O–H groups in total. The molecule has 2 aromatic carbocycles. The van der Waals surface area contributed by atoms with Crippen LogP contribution in [0.15, 0.2) is 60.8 Å². The van der Waals surface area contributed by atoms with Gasteiger partial charge in [-0.15, -0.1) is 0 Å². The maximum atomic E-state index is 12.6. The highest BCUT2D eigenvalue weighted by Crippen LogP contribution is 2.23. The molecule has 1 aromatic heterocycles. The summed E-state index contributed by atoms with van der Waals surface area (Å²) in [6.07, 6.45) is 1.61. The Morgan fingerprint density at radius 1 is 0.962 bits per heavy atom. The van der Waals surface area contributed by atoms with Crippen molar-refractivity contribution in [1.82, 2.24) is 4.98 Å². The predicted molar refractivity (Wildman–Crippen MR) is 104 cm³/mol. The van der Waals surface area contributed by atoms with Gasteiger partial charge in [0.15, 0.2) is 0 Å². The number of hydrogen-bond acceptors (Lipinski definition) is 4. The van der Waals surface area contributed by atoms with Crippen LogP contribution in [-0.4, -0.2) is 18.0 Å². The van der Waals surface area contributed by atoms with E-state index in [2.05, 4.69) is 15.6 Å². The van der Waals surface area contributed by atoms with E-state index in [-0.39, 0.29) is 5.91 Å². The lowest BCUT2D eigenvalue weighted by molar-refractivity contribution is 0.102. The molecule has 0 bridgehead atoms. The highest BCUT2D eigenvalue weighted by Gasteiger charge is 2.11. The Labute approximate surface area is 153 Å². The van der Waals surface area contributed by atoms with E-state index in [4.69, 9.17) is 4.74 Å². The number of pyridine rings is 1. The predicted octanol–water partition coefficient (Wildman–Crippen LogP) is 4.70. The lowest BCUT2D eigenvalue weighted by Crippen LogP contribution is -2.15. The van der Waals surface area contributed by atoms with Crippen LogP contribution in [-0.2, 0) is 0 Å². The molecule has 0 radical (unpaired) electrons. The quantitative estimate of drug-likeness (QED) is 0.702. The monoisotopic (exact) mass is 347 g/mol. The van der Waals surface area contributed by atoms with Crippen molar-refractivity contribution in [2.75, 3.05) is 17.7 Å². The normalized spacial score (nSPS) is 10.3. The molecule has 0 aliphatic carbocycles. The van der Waals surface area contributed by atoms with Gasteiger partial charge in [0.05, 0.1) is 7.11 Å². The zero-order valence-electron chi connectivity index (χ0n) is 15.0. The highest BCUT2D eigenvalue weighted by atomic mass is 16.5. The van der Waals surface area contributed by atoms with Crippen LogP contribution in [0, 0.1) is 13.8 Å². The number of nitrogens with zero attached hydrogens (tertiary/aromatic N) is 1. The summed E-state index contributed by atoms with van der Waals surface area (Å²) in [5, 5.41) is 6.22. The number of carbonyl (C=O) groups excluding carboxylic acids is 1. The Kier molecular flexibility index (Phi) is 5.17. The third kappa shape index (κ3) is 4.00. The van der Waals surface area contributed by atoms with Gasteiger partial charge >= 0.3 is 0 Å². The highest BCUT2D eigenvalue weighted by molar-refractivity contribution is 6.04. The maximum Gasteiger partial charge on any atom is 0.274 e. The molecule has 0 aliphatic heterocycles. The molecule has 0 spiro atoms. The van der Waals surface area contributed by atoms with Gasteiger partial charge in [0.25, 0.3) is 5.91 Å². The molecule has 1 heterocycles. The van der Waals surface area contributed by atoms with Crippen LogP contribution in [0.1, 0.15) is 21.6 Å². The van der Waals surface area contributed by atoms with E-state index in [0.717, 1.165) is 33.9 Å². The van der Waals surface area contributed by atoms with Crippen molar-refractivity contribution >= 4 is 23.0 Å². The molecule has 0 aliphatic rings. The third-order valence-electron chi connectivity index (χ3n) is 4.07. The molecule has 0 saturated carbocycles. The van der Waals surface area contributed by atoms with Gasteiger partial charge in [0, 0.05) is 29.3 Å². The average Bonchev–Trinajstić information content (AvgIpc) is 2.65. The number of hydrogen-bond donors (Lipinski definition) is 2. The van der Waals surface area contributed by atoms with Gasteiger partial charge in [-0.2, -0.15) is 0 Å². The van der Waals surface area contributed by atoms with Crippen molar-refractivity contribution in [2.24, 2.45) is 0 Å². The molecule has 0 saturated heterocycles. The lowest BCUT2D eigenvalue weighted by atomic mass is 10.1. The standard InChI is InChI=1S/C21H21N3O2/c1-14-6-4-7-15(2)20(14)24-21(25)19-13-17(10-11-22-19)23-16-8-5-9-18(12-16)26-3/h4-13H,1-3H3,(H,22,23)(H,24,25). The van der Waals surface area contributed by atoms with Gasteiger partial charge in [0.1, 0.15) is 11.4 Å². The van der Waals surface area contributed by atoms with Gasteiger partial charge in [-0.25, -0.2) is 0 Å². The molecular formula is C21H21N3O2. The first-order valence-corrected chi connectivity index (χ1v) is 8.31. The zero-order chi connectivity index (χ0) is 18.5. The molecule has 0 fully saturated rings. The average molecular weight is 347 g/mol. The van der Waals surface area contributed by atoms with Crippen LogP contribution < -0.4 is 15.4 Å². The Morgan fingerprint density at radius 2 is 1.65 bits per heavy atom. The number of aryl methyl sites for hydroxylation is 2. The number of nitrogens with one attached hydrogen (secondary N) is 2. The fourth-order valence-electron chi connectivity index (χ4n) is 2.69. The van der Waals surface area contributed by atoms with Crippen LogP contribution in [0.4, 0.5) is 17.1 Å². The molecular weight excluding hydrogens is 326 g/mol. The SMILES string of the molecule is COc1cccc(Nc2ccnc(C(=O)Nc3c(C)cccc3C)c2)c1. The summed E-state index contributed by atoms with van der Waals surface area (Å²) >= 11 is 0. The Bertz CT molecular complexity index is 918. The molecule has 26 heavy (non-hydrogen) atoms. The minimum absolute atomic E-state index is 0.239. The molecule has 132 valence electrons. The summed E-state index contributed by atoms with van der Waals surface area (Å²) in [4.78, 5) is 16.8. The van der Waals surface area contributed by atoms with E-state index >= 15 is 0 Å². The van der Waals surface area contributed by atoms with Crippen molar-refractivity contribution < 1.29 is 9.53 Å². The zero-order valence-corrected chi connectivity index (χ0v) is 15.0. The van der Waals surface area contributed by atoms with Crippen molar-refractivity contribution in [3.05, 3.63) is 77.6 Å². The fraction of sp³-hybridized carbons (Fsp3) is 0.143. The second-order valence-corrected chi connectivity index (χ2v) is 6.01. The van der Waals surface area contributed by atoms with Gasteiger partial charge in [-0.3, -0.25) is 9.78 Å². The number of methoxy groups -OCH3 is 1. The topological polar surface area (TPSA) is 63.2 Å². The van der Waals surface area contributed by atoms with Gasteiger partial charge in [0.2, 0.25) is 0 Å². The summed E-state index contributed by atoms with van der Waals surface area (Å²) in [6.45, 7) is 3.94. The first-order chi connectivity index (χ1) is 12.6. The second-order valence-electron chi connectivity index (χ2n) is 6.01. The van der Waals surface area contributed by atoms with Gasteiger partial charge < -0.3 is 15.4 Å². The first kappa shape index (κ1) is 17.5. The number of rotatable bonds is 5. The second kappa shape index (κ2) is 7.70. The van der Waals surface area contributed by atoms with Crippen LogP contribution in [0.25, 0.3) is 0 Å². The maximum absolute atomic E-state index is 12.6. The molecule has 1 amide bonds. The number of para-hydroxylation sites is 1. The number of aromatic nitrogens is 1. The van der Waals surface area contributed by atoms with E-state index in [1.54, 1.807) is 19.4 Å². The number of carbonyl (C=O) groups is 1. The summed E-state index contributed by atoms with van der Waals surface area (Å²) in [6, 6.07) is 17.0. The molecule has 0 atom stereocenters. The van der Waals surface area contributed by atoms with E-state index in [1.807, 2.05) is 62.4 Å². The minimum atomic E-state index is -0.239. The number of ether oxygens (including phenoxy) is 1. The Hall–Kier alpha value is -3.34. The summed E-state index contributed by atoms with van der Waals surface area (Å²) in [5.41, 5.74) is 4.86. The Morgan fingerprint density at radius 3 is 2.38 bits per heavy atom. The van der Waals surface area contributed by atoms with E-state index in [1.165, 1.54) is 0 Å². The number of anilines is 3. The third-order valence-corrected chi connectivity index (χ3v) is 4.07. The van der Waals surface area contributed by atoms with E-state index in [9.17, 15) is 4.79 Å². The molecule has 3 rings (SSSR count). The van der Waals surface area contributed by atoms with Crippen molar-refractivity contribution in [2.45, 2.75) is 13.8 Å². The smallest absolute Gasteiger partial charge is 0.274 e. The van der Waals surface area contributed by atoms with E-state index in [0.29, 0.717) is 5.69 Å². The largest absolute Gasteiger partial charge is 0.497 e. The van der Waals surface area contributed by atoms with Gasteiger partial charge in [-0.05, 0) is 49.2 Å². The van der Waals surface area contributed by atoms with Crippen molar-refractivity contribution in [3.8, 4) is 5.75 Å². The fourth-order valence-corrected chi connectivity index (χ4v) is 2.69. The molecule has 5 nitrogen and oxygen atoms in total. The molecule has 0 unspecified atom stereocenters. The lowest BCUT2D eigenvalue weighted by Gasteiger charge is -2.12. The van der Waals surface area contributed by atoms with Crippen LogP contribution >= 0.6 is 0 Å². The van der Waals surface area contributed by atoms with Crippen LogP contribution in [0.2, 0.25) is 0 Å². The summed E-state index contributed by atoms with van der Waals surface area (Å²) in [7, 11) is 1.63. The summed E-state index contributed by atoms with van der Waals surface area (Å²) in [5.74, 6) is 0.522. The minimum Gasteiger partial charge on any atom is -0.497 e. The van der Waals surface area contributed by atoms with Crippen molar-refractivity contribution in [3.63, 3.8) is 0 Å². The van der Waals surface area contributed by atoms with Crippen molar-refractivity contribution in [1.29, 1.82) is 0 Å². The molecule has 3 aromatic rings. The van der Waals surface area contributed by atoms with Crippen LogP contribution in [0.5, 0.6) is 5.75 Å². The van der Waals surface area contributed by atoms with E-state index < -0.39 is 0 Å². The summed E-state index contributed by atoms with van der Waals surface area (Å²) < 4.78 is 5.23. The number of amides is 1. The Balaban J connectivity index is 1.79. The molecule has 5 heteroatoms. The van der Waals surface area contributed by atoms with Crippen LogP contribution in [0.3, 0.4) is 0 Å².